The third-order valence-electron chi connectivity index (χ3n) is 3.28. The molecule has 1 fully saturated rings. The zero-order valence-corrected chi connectivity index (χ0v) is 10.0. The Morgan fingerprint density at radius 2 is 2.06 bits per heavy atom. The highest BCUT2D eigenvalue weighted by Gasteiger charge is 2.42. The summed E-state index contributed by atoms with van der Waals surface area (Å²) in [7, 11) is 1.65. The van der Waals surface area contributed by atoms with E-state index < -0.39 is 0 Å². The smallest absolute Gasteiger partial charge is 0.126 e. The molecule has 17 heavy (non-hydrogen) atoms. The molecular formula is C13H15N3O. The van der Waals surface area contributed by atoms with Crippen LogP contribution < -0.4 is 10.5 Å². The second kappa shape index (κ2) is 3.40. The molecule has 0 atom stereocenters. The van der Waals surface area contributed by atoms with Crippen LogP contribution in [0.5, 0.6) is 5.75 Å². The quantitative estimate of drug-likeness (QED) is 0.854. The first-order chi connectivity index (χ1) is 8.12. The summed E-state index contributed by atoms with van der Waals surface area (Å²) in [6.07, 6.45) is 2.01. The van der Waals surface area contributed by atoms with Crippen molar-refractivity contribution in [3.05, 3.63) is 29.7 Å². The Labute approximate surface area is 99.8 Å². The number of aromatic nitrogens is 2. The Bertz CT molecular complexity index is 590. The van der Waals surface area contributed by atoms with E-state index in [1.165, 1.54) is 0 Å². The van der Waals surface area contributed by atoms with Crippen LogP contribution in [0.25, 0.3) is 10.9 Å². The Morgan fingerprint density at radius 3 is 2.71 bits per heavy atom. The van der Waals surface area contributed by atoms with Crippen LogP contribution in [0.3, 0.4) is 0 Å². The van der Waals surface area contributed by atoms with Gasteiger partial charge in [0.1, 0.15) is 11.6 Å². The first-order valence-electron chi connectivity index (χ1n) is 5.74. The Kier molecular flexibility index (Phi) is 2.10. The van der Waals surface area contributed by atoms with Crippen molar-refractivity contribution in [2.75, 3.05) is 7.11 Å². The first kappa shape index (κ1) is 10.5. The fourth-order valence-electron chi connectivity index (χ4n) is 2.10. The molecule has 0 unspecified atom stereocenters. The molecule has 0 radical (unpaired) electrons. The van der Waals surface area contributed by atoms with Gasteiger partial charge in [0.15, 0.2) is 0 Å². The number of rotatable bonds is 2. The van der Waals surface area contributed by atoms with Crippen molar-refractivity contribution in [2.24, 2.45) is 5.73 Å². The van der Waals surface area contributed by atoms with Gasteiger partial charge in [0.25, 0.3) is 0 Å². The van der Waals surface area contributed by atoms with Gasteiger partial charge in [0.05, 0.1) is 23.9 Å². The predicted molar refractivity (Wildman–Crippen MR) is 65.9 cm³/mol. The largest absolute Gasteiger partial charge is 0.497 e. The van der Waals surface area contributed by atoms with Crippen molar-refractivity contribution in [3.8, 4) is 5.75 Å². The fraction of sp³-hybridized carbons (Fsp3) is 0.385. The average molecular weight is 229 g/mol. The number of aryl methyl sites for hydroxylation is 1. The van der Waals surface area contributed by atoms with E-state index in [0.29, 0.717) is 0 Å². The van der Waals surface area contributed by atoms with Gasteiger partial charge in [-0.1, -0.05) is 0 Å². The summed E-state index contributed by atoms with van der Waals surface area (Å²) >= 11 is 0. The second-order valence-electron chi connectivity index (χ2n) is 4.66. The van der Waals surface area contributed by atoms with Gasteiger partial charge in [-0.25, -0.2) is 9.97 Å². The molecule has 1 aromatic heterocycles. The van der Waals surface area contributed by atoms with Gasteiger partial charge < -0.3 is 10.5 Å². The highest BCUT2D eigenvalue weighted by Crippen LogP contribution is 2.44. The molecule has 0 amide bonds. The molecule has 1 saturated carbocycles. The molecule has 2 N–H and O–H groups in total. The van der Waals surface area contributed by atoms with Gasteiger partial charge in [-0.15, -0.1) is 0 Å². The van der Waals surface area contributed by atoms with Gasteiger partial charge in [-0.2, -0.15) is 0 Å². The molecule has 88 valence electrons. The van der Waals surface area contributed by atoms with E-state index in [4.69, 9.17) is 10.5 Å². The number of hydrogen-bond donors (Lipinski definition) is 1. The van der Waals surface area contributed by atoms with E-state index in [1.54, 1.807) is 7.11 Å². The summed E-state index contributed by atoms with van der Waals surface area (Å²) in [6.45, 7) is 1.90. The third kappa shape index (κ3) is 1.65. The monoisotopic (exact) mass is 229 g/mol. The van der Waals surface area contributed by atoms with Gasteiger partial charge in [0, 0.05) is 11.5 Å². The SMILES string of the molecule is COc1ccc2c(C3(N)CC3)nc(C)nc2c1. The second-order valence-corrected chi connectivity index (χ2v) is 4.66. The van der Waals surface area contributed by atoms with Crippen LogP contribution in [-0.2, 0) is 5.54 Å². The van der Waals surface area contributed by atoms with Crippen LogP contribution >= 0.6 is 0 Å². The molecule has 3 rings (SSSR count). The number of nitrogens with zero attached hydrogens (tertiary/aromatic N) is 2. The normalized spacial score (nSPS) is 17.1. The number of ether oxygens (including phenoxy) is 1. The zero-order chi connectivity index (χ0) is 12.0. The van der Waals surface area contributed by atoms with Crippen molar-refractivity contribution in [1.29, 1.82) is 0 Å². The summed E-state index contributed by atoms with van der Waals surface area (Å²) in [5.74, 6) is 1.57. The fourth-order valence-corrected chi connectivity index (χ4v) is 2.10. The Balaban J connectivity index is 2.28. The van der Waals surface area contributed by atoms with Gasteiger partial charge >= 0.3 is 0 Å². The molecule has 1 heterocycles. The summed E-state index contributed by atoms with van der Waals surface area (Å²) < 4.78 is 5.21. The topological polar surface area (TPSA) is 61.0 Å². The molecule has 4 nitrogen and oxygen atoms in total. The molecule has 0 aliphatic heterocycles. The molecule has 1 aliphatic carbocycles. The Morgan fingerprint density at radius 1 is 1.29 bits per heavy atom. The third-order valence-corrected chi connectivity index (χ3v) is 3.28. The van der Waals surface area contributed by atoms with Crippen molar-refractivity contribution in [1.82, 2.24) is 9.97 Å². The number of nitrogens with two attached hydrogens (primary N) is 1. The molecule has 0 bridgehead atoms. The van der Waals surface area contributed by atoms with Crippen LogP contribution in [-0.4, -0.2) is 17.1 Å². The molecule has 0 saturated heterocycles. The number of hydrogen-bond acceptors (Lipinski definition) is 4. The molecule has 0 spiro atoms. The predicted octanol–water partition coefficient (Wildman–Crippen LogP) is 1.89. The van der Waals surface area contributed by atoms with E-state index in [9.17, 15) is 0 Å². The Hall–Kier alpha value is -1.68. The van der Waals surface area contributed by atoms with Crippen LogP contribution in [0, 0.1) is 6.92 Å². The maximum atomic E-state index is 6.25. The number of methoxy groups -OCH3 is 1. The maximum Gasteiger partial charge on any atom is 0.126 e. The molecular weight excluding hydrogens is 214 g/mol. The molecule has 2 aromatic rings. The minimum absolute atomic E-state index is 0.236. The summed E-state index contributed by atoms with van der Waals surface area (Å²) in [5.41, 5.74) is 7.90. The summed E-state index contributed by atoms with van der Waals surface area (Å²) in [4.78, 5) is 8.95. The van der Waals surface area contributed by atoms with E-state index >= 15 is 0 Å². The maximum absolute atomic E-state index is 6.25. The van der Waals surface area contributed by atoms with Crippen LogP contribution in [0.2, 0.25) is 0 Å². The lowest BCUT2D eigenvalue weighted by atomic mass is 10.1. The van der Waals surface area contributed by atoms with Crippen molar-refractivity contribution in [2.45, 2.75) is 25.3 Å². The van der Waals surface area contributed by atoms with Crippen LogP contribution in [0.4, 0.5) is 0 Å². The lowest BCUT2D eigenvalue weighted by molar-refractivity contribution is 0.415. The van der Waals surface area contributed by atoms with Crippen molar-refractivity contribution in [3.63, 3.8) is 0 Å². The van der Waals surface area contributed by atoms with E-state index in [0.717, 1.165) is 41.0 Å². The summed E-state index contributed by atoms with van der Waals surface area (Å²) in [5, 5.41) is 1.04. The zero-order valence-electron chi connectivity index (χ0n) is 10.0. The minimum Gasteiger partial charge on any atom is -0.497 e. The van der Waals surface area contributed by atoms with Crippen molar-refractivity contribution >= 4 is 10.9 Å². The van der Waals surface area contributed by atoms with Crippen LogP contribution in [0.1, 0.15) is 24.4 Å². The van der Waals surface area contributed by atoms with Gasteiger partial charge in [0.2, 0.25) is 0 Å². The average Bonchev–Trinajstić information content (AvgIpc) is 3.06. The standard InChI is InChI=1S/C13H15N3O/c1-8-15-11-7-9(17-2)3-4-10(11)12(16-8)13(14)5-6-13/h3-4,7H,5-6,14H2,1-2H3. The molecule has 1 aliphatic rings. The van der Waals surface area contributed by atoms with E-state index in [-0.39, 0.29) is 5.54 Å². The first-order valence-corrected chi connectivity index (χ1v) is 5.74. The van der Waals surface area contributed by atoms with Gasteiger partial charge in [-0.3, -0.25) is 0 Å². The van der Waals surface area contributed by atoms with E-state index in [1.807, 2.05) is 25.1 Å². The minimum atomic E-state index is -0.236. The lowest BCUT2D eigenvalue weighted by Crippen LogP contribution is -2.21. The highest BCUT2D eigenvalue weighted by molar-refractivity contribution is 5.83. The van der Waals surface area contributed by atoms with E-state index in [2.05, 4.69) is 9.97 Å². The van der Waals surface area contributed by atoms with Gasteiger partial charge in [-0.05, 0) is 31.9 Å². The molecule has 1 aromatic carbocycles. The van der Waals surface area contributed by atoms with Crippen molar-refractivity contribution < 1.29 is 4.74 Å². The van der Waals surface area contributed by atoms with Crippen LogP contribution in [0.15, 0.2) is 18.2 Å². The number of benzene rings is 1. The lowest BCUT2D eigenvalue weighted by Gasteiger charge is -2.12. The summed E-state index contributed by atoms with van der Waals surface area (Å²) in [6, 6.07) is 5.85. The number of fused-ring (bicyclic) bond motifs is 1. The molecule has 4 heteroatoms. The highest BCUT2D eigenvalue weighted by atomic mass is 16.5.